The Kier molecular flexibility index (Phi) is 2.82. The maximum absolute atomic E-state index is 5.09. The average molecular weight is 189 g/mol. The van der Waals surface area contributed by atoms with Gasteiger partial charge in [0.15, 0.2) is 0 Å². The van der Waals surface area contributed by atoms with E-state index >= 15 is 0 Å². The standard InChI is InChI=1S/C12H15NO/c1-14-12-8-6-11(7-9-12)13-10-4-2-3-5-10/h6-9H,2-5H2,1H3. The number of methoxy groups -OCH3 is 1. The smallest absolute Gasteiger partial charge is 0.119 e. The Hall–Kier alpha value is -1.31. The molecule has 1 aliphatic rings. The van der Waals surface area contributed by atoms with Gasteiger partial charge in [-0.2, -0.15) is 0 Å². The molecule has 0 N–H and O–H groups in total. The molecule has 0 amide bonds. The van der Waals surface area contributed by atoms with Gasteiger partial charge in [0.25, 0.3) is 0 Å². The highest BCUT2D eigenvalue weighted by Crippen LogP contribution is 2.22. The van der Waals surface area contributed by atoms with Crippen LogP contribution in [0.4, 0.5) is 5.69 Å². The van der Waals surface area contributed by atoms with Gasteiger partial charge in [-0.3, -0.25) is 4.99 Å². The highest BCUT2D eigenvalue weighted by atomic mass is 16.5. The van der Waals surface area contributed by atoms with E-state index < -0.39 is 0 Å². The Balaban J connectivity index is 2.12. The molecule has 1 aromatic carbocycles. The number of hydrogen-bond donors (Lipinski definition) is 0. The van der Waals surface area contributed by atoms with E-state index in [1.807, 2.05) is 24.3 Å². The molecule has 0 saturated heterocycles. The molecule has 0 radical (unpaired) electrons. The topological polar surface area (TPSA) is 21.6 Å². The summed E-state index contributed by atoms with van der Waals surface area (Å²) in [7, 11) is 1.68. The van der Waals surface area contributed by atoms with Crippen LogP contribution in [0.2, 0.25) is 0 Å². The second-order valence-electron chi connectivity index (χ2n) is 3.58. The van der Waals surface area contributed by atoms with E-state index in [-0.39, 0.29) is 0 Å². The van der Waals surface area contributed by atoms with Crippen LogP contribution in [-0.2, 0) is 0 Å². The summed E-state index contributed by atoms with van der Waals surface area (Å²) < 4.78 is 5.09. The SMILES string of the molecule is COc1ccc(N=C2CCCC2)cc1. The van der Waals surface area contributed by atoms with Crippen molar-refractivity contribution in [3.63, 3.8) is 0 Å². The number of hydrogen-bond acceptors (Lipinski definition) is 2. The Morgan fingerprint density at radius 2 is 1.71 bits per heavy atom. The zero-order valence-corrected chi connectivity index (χ0v) is 8.49. The van der Waals surface area contributed by atoms with E-state index in [2.05, 4.69) is 4.99 Å². The van der Waals surface area contributed by atoms with Crippen molar-refractivity contribution >= 4 is 11.4 Å². The van der Waals surface area contributed by atoms with Crippen molar-refractivity contribution in [2.24, 2.45) is 4.99 Å². The molecule has 1 aromatic rings. The van der Waals surface area contributed by atoms with E-state index in [1.54, 1.807) is 7.11 Å². The molecule has 0 atom stereocenters. The summed E-state index contributed by atoms with van der Waals surface area (Å²) in [5.41, 5.74) is 2.39. The summed E-state index contributed by atoms with van der Waals surface area (Å²) in [4.78, 5) is 4.59. The minimum Gasteiger partial charge on any atom is -0.497 e. The normalized spacial score (nSPS) is 15.6. The zero-order valence-electron chi connectivity index (χ0n) is 8.49. The number of benzene rings is 1. The molecule has 0 aliphatic heterocycles. The van der Waals surface area contributed by atoms with Gasteiger partial charge in [0, 0.05) is 5.71 Å². The van der Waals surface area contributed by atoms with Crippen LogP contribution in [0.15, 0.2) is 29.3 Å². The maximum Gasteiger partial charge on any atom is 0.119 e. The summed E-state index contributed by atoms with van der Waals surface area (Å²) in [6.45, 7) is 0. The Labute approximate surface area is 84.6 Å². The number of nitrogens with zero attached hydrogens (tertiary/aromatic N) is 1. The quantitative estimate of drug-likeness (QED) is 0.699. The fraction of sp³-hybridized carbons (Fsp3) is 0.417. The summed E-state index contributed by atoms with van der Waals surface area (Å²) in [6.07, 6.45) is 4.95. The van der Waals surface area contributed by atoms with Crippen molar-refractivity contribution in [2.45, 2.75) is 25.7 Å². The molecular formula is C12H15NO. The summed E-state index contributed by atoms with van der Waals surface area (Å²) in [6, 6.07) is 7.91. The highest BCUT2D eigenvalue weighted by molar-refractivity contribution is 5.88. The first kappa shape index (κ1) is 9.25. The van der Waals surface area contributed by atoms with Gasteiger partial charge in [0.2, 0.25) is 0 Å². The van der Waals surface area contributed by atoms with Crippen molar-refractivity contribution in [1.82, 2.24) is 0 Å². The second kappa shape index (κ2) is 4.27. The Morgan fingerprint density at radius 3 is 2.29 bits per heavy atom. The molecule has 2 rings (SSSR count). The van der Waals surface area contributed by atoms with E-state index in [4.69, 9.17) is 4.74 Å². The fourth-order valence-corrected chi connectivity index (χ4v) is 1.73. The first-order chi connectivity index (χ1) is 6.88. The third-order valence-electron chi connectivity index (χ3n) is 2.54. The van der Waals surface area contributed by atoms with Crippen LogP contribution in [-0.4, -0.2) is 12.8 Å². The molecule has 1 fully saturated rings. The van der Waals surface area contributed by atoms with Crippen LogP contribution >= 0.6 is 0 Å². The van der Waals surface area contributed by atoms with Gasteiger partial charge < -0.3 is 4.74 Å². The molecule has 1 saturated carbocycles. The van der Waals surface area contributed by atoms with Crippen molar-refractivity contribution in [1.29, 1.82) is 0 Å². The summed E-state index contributed by atoms with van der Waals surface area (Å²) >= 11 is 0. The lowest BCUT2D eigenvalue weighted by molar-refractivity contribution is 0.415. The molecular weight excluding hydrogens is 174 g/mol. The van der Waals surface area contributed by atoms with Gasteiger partial charge in [0.05, 0.1) is 12.8 Å². The molecule has 14 heavy (non-hydrogen) atoms. The van der Waals surface area contributed by atoms with E-state index in [0.717, 1.165) is 11.4 Å². The average Bonchev–Trinajstić information content (AvgIpc) is 2.72. The molecule has 0 heterocycles. The predicted molar refractivity (Wildman–Crippen MR) is 58.6 cm³/mol. The fourth-order valence-electron chi connectivity index (χ4n) is 1.73. The Bertz CT molecular complexity index is 319. The van der Waals surface area contributed by atoms with E-state index in [9.17, 15) is 0 Å². The van der Waals surface area contributed by atoms with Crippen LogP contribution in [0.25, 0.3) is 0 Å². The number of ether oxygens (including phenoxy) is 1. The van der Waals surface area contributed by atoms with Crippen molar-refractivity contribution < 1.29 is 4.74 Å². The second-order valence-corrected chi connectivity index (χ2v) is 3.58. The van der Waals surface area contributed by atoms with Gasteiger partial charge in [-0.1, -0.05) is 0 Å². The molecule has 1 aliphatic carbocycles. The van der Waals surface area contributed by atoms with E-state index in [0.29, 0.717) is 0 Å². The van der Waals surface area contributed by atoms with Gasteiger partial charge in [-0.15, -0.1) is 0 Å². The Morgan fingerprint density at radius 1 is 1.07 bits per heavy atom. The highest BCUT2D eigenvalue weighted by Gasteiger charge is 2.07. The lowest BCUT2D eigenvalue weighted by atomic mass is 10.3. The largest absolute Gasteiger partial charge is 0.497 e. The predicted octanol–water partition coefficient (Wildman–Crippen LogP) is 3.34. The minimum absolute atomic E-state index is 0.889. The van der Waals surface area contributed by atoms with Crippen LogP contribution in [0, 0.1) is 0 Å². The van der Waals surface area contributed by atoms with Crippen LogP contribution in [0.5, 0.6) is 5.75 Å². The lowest BCUT2D eigenvalue weighted by Gasteiger charge is -2.00. The molecule has 2 nitrogen and oxygen atoms in total. The number of rotatable bonds is 2. The van der Waals surface area contributed by atoms with Gasteiger partial charge >= 0.3 is 0 Å². The lowest BCUT2D eigenvalue weighted by Crippen LogP contribution is -1.86. The van der Waals surface area contributed by atoms with Crippen molar-refractivity contribution in [3.8, 4) is 5.75 Å². The third-order valence-corrected chi connectivity index (χ3v) is 2.54. The number of aliphatic imine (C=N–C) groups is 1. The molecule has 0 spiro atoms. The molecule has 2 heteroatoms. The van der Waals surface area contributed by atoms with Crippen molar-refractivity contribution in [3.05, 3.63) is 24.3 Å². The molecule has 0 unspecified atom stereocenters. The van der Waals surface area contributed by atoms with Gasteiger partial charge in [-0.25, -0.2) is 0 Å². The van der Waals surface area contributed by atoms with Crippen molar-refractivity contribution in [2.75, 3.05) is 7.11 Å². The van der Waals surface area contributed by atoms with Gasteiger partial charge in [0.1, 0.15) is 5.75 Å². The summed E-state index contributed by atoms with van der Waals surface area (Å²) in [5, 5.41) is 0. The maximum atomic E-state index is 5.09. The first-order valence-electron chi connectivity index (χ1n) is 5.09. The van der Waals surface area contributed by atoms with Crippen LogP contribution < -0.4 is 4.74 Å². The molecule has 0 bridgehead atoms. The first-order valence-corrected chi connectivity index (χ1v) is 5.09. The third kappa shape index (κ3) is 2.13. The zero-order chi connectivity index (χ0) is 9.80. The molecule has 0 aromatic heterocycles. The minimum atomic E-state index is 0.889. The summed E-state index contributed by atoms with van der Waals surface area (Å²) in [5.74, 6) is 0.889. The van der Waals surface area contributed by atoms with Crippen LogP contribution in [0.1, 0.15) is 25.7 Å². The van der Waals surface area contributed by atoms with Crippen LogP contribution in [0.3, 0.4) is 0 Å². The van der Waals surface area contributed by atoms with E-state index in [1.165, 1.54) is 31.4 Å². The van der Waals surface area contributed by atoms with Gasteiger partial charge in [-0.05, 0) is 49.9 Å². The molecule has 74 valence electrons. The monoisotopic (exact) mass is 189 g/mol.